The average molecular weight is 331 g/mol. The van der Waals surface area contributed by atoms with Crippen molar-refractivity contribution < 1.29 is 14.3 Å². The van der Waals surface area contributed by atoms with Crippen molar-refractivity contribution in [3.8, 4) is 5.75 Å². The molecule has 0 bridgehead atoms. The van der Waals surface area contributed by atoms with Crippen LogP contribution in [0.15, 0.2) is 24.3 Å². The number of rotatable bonds is 5. The molecule has 1 unspecified atom stereocenters. The van der Waals surface area contributed by atoms with Crippen LogP contribution >= 0.6 is 0 Å². The summed E-state index contributed by atoms with van der Waals surface area (Å²) < 4.78 is 6.06. The predicted octanol–water partition coefficient (Wildman–Crippen LogP) is 1.35. The molecule has 1 fully saturated rings. The van der Waals surface area contributed by atoms with E-state index in [0.717, 1.165) is 30.9 Å². The van der Waals surface area contributed by atoms with Crippen LogP contribution in [-0.4, -0.2) is 67.5 Å². The summed E-state index contributed by atoms with van der Waals surface area (Å²) >= 11 is 0. The van der Waals surface area contributed by atoms with Crippen LogP contribution < -0.4 is 9.64 Å². The number of nitrogens with zero attached hydrogens (tertiary/aromatic N) is 3. The Morgan fingerprint density at radius 1 is 1.33 bits per heavy atom. The highest BCUT2D eigenvalue weighted by Crippen LogP contribution is 2.32. The second kappa shape index (κ2) is 7.11. The van der Waals surface area contributed by atoms with Crippen molar-refractivity contribution in [2.45, 2.75) is 25.9 Å². The number of likely N-dealkylation sites (tertiary alicyclic amines) is 1. The molecule has 24 heavy (non-hydrogen) atoms. The van der Waals surface area contributed by atoms with E-state index >= 15 is 0 Å². The standard InChI is InChI=1S/C18H25N3O3/c1-3-20-12-14(24-16-8-5-4-7-15(16)20)11-19(2)18(23)13-21-10-6-9-17(21)22/h4-5,7-8,14H,3,6,9-13H2,1-2H3. The molecule has 2 amide bonds. The highest BCUT2D eigenvalue weighted by Gasteiger charge is 2.28. The summed E-state index contributed by atoms with van der Waals surface area (Å²) in [6.07, 6.45) is 1.34. The van der Waals surface area contributed by atoms with E-state index in [9.17, 15) is 9.59 Å². The summed E-state index contributed by atoms with van der Waals surface area (Å²) in [6, 6.07) is 7.99. The third-order valence-corrected chi connectivity index (χ3v) is 4.71. The molecular weight excluding hydrogens is 306 g/mol. The van der Waals surface area contributed by atoms with Crippen LogP contribution in [0, 0.1) is 0 Å². The van der Waals surface area contributed by atoms with E-state index in [1.165, 1.54) is 0 Å². The van der Waals surface area contributed by atoms with Gasteiger partial charge in [0.15, 0.2) is 0 Å². The first-order valence-corrected chi connectivity index (χ1v) is 8.61. The molecule has 0 radical (unpaired) electrons. The Balaban J connectivity index is 1.59. The quantitative estimate of drug-likeness (QED) is 0.817. The van der Waals surface area contributed by atoms with Crippen LogP contribution in [0.2, 0.25) is 0 Å². The minimum atomic E-state index is -0.0666. The maximum Gasteiger partial charge on any atom is 0.242 e. The van der Waals surface area contributed by atoms with E-state index in [4.69, 9.17) is 4.74 Å². The van der Waals surface area contributed by atoms with Gasteiger partial charge in [-0.05, 0) is 25.5 Å². The summed E-state index contributed by atoms with van der Waals surface area (Å²) in [5.74, 6) is 0.915. The lowest BCUT2D eigenvalue weighted by atomic mass is 10.2. The number of ether oxygens (including phenoxy) is 1. The first kappa shape index (κ1) is 16.6. The van der Waals surface area contributed by atoms with E-state index in [1.54, 1.807) is 16.8 Å². The molecule has 0 aliphatic carbocycles. The van der Waals surface area contributed by atoms with Crippen molar-refractivity contribution in [2.75, 3.05) is 44.7 Å². The Morgan fingerprint density at radius 2 is 2.12 bits per heavy atom. The Labute approximate surface area is 143 Å². The molecule has 1 saturated heterocycles. The Kier molecular flexibility index (Phi) is 4.92. The number of carbonyl (C=O) groups excluding carboxylic acids is 2. The minimum Gasteiger partial charge on any atom is -0.485 e. The van der Waals surface area contributed by atoms with Gasteiger partial charge in [-0.2, -0.15) is 0 Å². The molecule has 0 aromatic heterocycles. The van der Waals surface area contributed by atoms with E-state index in [1.807, 2.05) is 18.2 Å². The van der Waals surface area contributed by atoms with Crippen molar-refractivity contribution in [1.82, 2.24) is 9.80 Å². The minimum absolute atomic E-state index is 0.0317. The first-order chi connectivity index (χ1) is 11.6. The van der Waals surface area contributed by atoms with Crippen molar-refractivity contribution in [3.63, 3.8) is 0 Å². The van der Waals surface area contributed by atoms with Crippen LogP contribution in [-0.2, 0) is 9.59 Å². The second-order valence-corrected chi connectivity index (χ2v) is 6.44. The van der Waals surface area contributed by atoms with Gasteiger partial charge < -0.3 is 19.4 Å². The Morgan fingerprint density at radius 3 is 2.83 bits per heavy atom. The lowest BCUT2D eigenvalue weighted by molar-refractivity contribution is -0.138. The van der Waals surface area contributed by atoms with Crippen molar-refractivity contribution >= 4 is 17.5 Å². The van der Waals surface area contributed by atoms with Gasteiger partial charge in [-0.15, -0.1) is 0 Å². The Bertz CT molecular complexity index is 619. The van der Waals surface area contributed by atoms with Crippen LogP contribution in [0.5, 0.6) is 5.75 Å². The topological polar surface area (TPSA) is 53.1 Å². The van der Waals surface area contributed by atoms with Gasteiger partial charge in [-0.3, -0.25) is 9.59 Å². The molecule has 6 heteroatoms. The van der Waals surface area contributed by atoms with Crippen LogP contribution in [0.1, 0.15) is 19.8 Å². The molecule has 130 valence electrons. The number of likely N-dealkylation sites (N-methyl/N-ethyl adjacent to an activating group) is 2. The number of benzene rings is 1. The maximum absolute atomic E-state index is 12.4. The third kappa shape index (κ3) is 3.47. The fourth-order valence-electron chi connectivity index (χ4n) is 3.34. The zero-order valence-corrected chi connectivity index (χ0v) is 14.4. The number of anilines is 1. The largest absolute Gasteiger partial charge is 0.485 e. The number of fused-ring (bicyclic) bond motifs is 1. The maximum atomic E-state index is 12.4. The van der Waals surface area contributed by atoms with Crippen LogP contribution in [0.3, 0.4) is 0 Å². The third-order valence-electron chi connectivity index (χ3n) is 4.71. The van der Waals surface area contributed by atoms with Gasteiger partial charge in [0.05, 0.1) is 25.3 Å². The van der Waals surface area contributed by atoms with Gasteiger partial charge in [0.25, 0.3) is 0 Å². The van der Waals surface area contributed by atoms with Crippen molar-refractivity contribution in [2.24, 2.45) is 0 Å². The van der Waals surface area contributed by atoms with E-state index < -0.39 is 0 Å². The summed E-state index contributed by atoms with van der Waals surface area (Å²) in [5, 5.41) is 0. The van der Waals surface area contributed by atoms with Gasteiger partial charge in [-0.1, -0.05) is 12.1 Å². The number of hydrogen-bond acceptors (Lipinski definition) is 4. The second-order valence-electron chi connectivity index (χ2n) is 6.44. The molecule has 3 rings (SSSR count). The molecule has 0 saturated carbocycles. The highest BCUT2D eigenvalue weighted by molar-refractivity contribution is 5.85. The molecule has 6 nitrogen and oxygen atoms in total. The lowest BCUT2D eigenvalue weighted by Crippen LogP contribution is -2.48. The van der Waals surface area contributed by atoms with Crippen molar-refractivity contribution in [1.29, 1.82) is 0 Å². The normalized spacial score (nSPS) is 19.9. The molecule has 0 spiro atoms. The Hall–Kier alpha value is -2.24. The number of carbonyl (C=O) groups is 2. The monoisotopic (exact) mass is 331 g/mol. The fraction of sp³-hybridized carbons (Fsp3) is 0.556. The summed E-state index contributed by atoms with van der Waals surface area (Å²) in [6.45, 7) is 5.16. The molecule has 1 aromatic carbocycles. The molecule has 2 aliphatic rings. The number of hydrogen-bond donors (Lipinski definition) is 0. The predicted molar refractivity (Wildman–Crippen MR) is 92.2 cm³/mol. The van der Waals surface area contributed by atoms with Gasteiger partial charge in [0.1, 0.15) is 11.9 Å². The fourth-order valence-corrected chi connectivity index (χ4v) is 3.34. The SMILES string of the molecule is CCN1CC(CN(C)C(=O)CN2CCCC2=O)Oc2ccccc21. The van der Waals surface area contributed by atoms with E-state index in [0.29, 0.717) is 19.5 Å². The van der Waals surface area contributed by atoms with Crippen LogP contribution in [0.4, 0.5) is 5.69 Å². The smallest absolute Gasteiger partial charge is 0.242 e. The first-order valence-electron chi connectivity index (χ1n) is 8.61. The zero-order valence-electron chi connectivity index (χ0n) is 14.4. The van der Waals surface area contributed by atoms with Crippen molar-refractivity contribution in [3.05, 3.63) is 24.3 Å². The summed E-state index contributed by atoms with van der Waals surface area (Å²) in [7, 11) is 1.78. The summed E-state index contributed by atoms with van der Waals surface area (Å²) in [5.41, 5.74) is 1.10. The van der Waals surface area contributed by atoms with E-state index in [2.05, 4.69) is 17.9 Å². The number of para-hydroxylation sites is 2. The van der Waals surface area contributed by atoms with Crippen LogP contribution in [0.25, 0.3) is 0 Å². The molecular formula is C18H25N3O3. The molecule has 1 atom stereocenters. The molecule has 0 N–H and O–H groups in total. The molecule has 1 aromatic rings. The molecule has 2 heterocycles. The van der Waals surface area contributed by atoms with Gasteiger partial charge in [0.2, 0.25) is 11.8 Å². The summed E-state index contributed by atoms with van der Waals surface area (Å²) in [4.78, 5) is 29.6. The lowest BCUT2D eigenvalue weighted by Gasteiger charge is -2.37. The number of amides is 2. The van der Waals surface area contributed by atoms with Gasteiger partial charge in [-0.25, -0.2) is 0 Å². The van der Waals surface area contributed by atoms with Gasteiger partial charge >= 0.3 is 0 Å². The average Bonchev–Trinajstić information content (AvgIpc) is 2.98. The van der Waals surface area contributed by atoms with Gasteiger partial charge in [0, 0.05) is 26.6 Å². The molecule has 2 aliphatic heterocycles. The highest BCUT2D eigenvalue weighted by atomic mass is 16.5. The van der Waals surface area contributed by atoms with E-state index in [-0.39, 0.29) is 24.5 Å². The zero-order chi connectivity index (χ0) is 17.1.